The minimum absolute atomic E-state index is 0.477. The second-order valence-corrected chi connectivity index (χ2v) is 7.23. The van der Waals surface area contributed by atoms with Crippen LogP contribution in [-0.2, 0) is 0 Å². The quantitative estimate of drug-likeness (QED) is 0.473. The van der Waals surface area contributed by atoms with Crippen molar-refractivity contribution < 1.29 is 0 Å². The topological polar surface area (TPSA) is 65.1 Å². The standard InChI is InChI=1S/C19H28N6S/c1-4-22-25(15-7-5-6-8-15)18-17(20-2)13-21-19(24-18)23-14-9-11-16(26-3)12-10-14/h9-13,15,20,22H,4-8H2,1-3H3,(H,21,23,24). The summed E-state index contributed by atoms with van der Waals surface area (Å²) in [5.41, 5.74) is 5.41. The Labute approximate surface area is 160 Å². The van der Waals surface area contributed by atoms with E-state index in [1.54, 1.807) is 11.8 Å². The van der Waals surface area contributed by atoms with Gasteiger partial charge in [0.1, 0.15) is 0 Å². The number of benzene rings is 1. The van der Waals surface area contributed by atoms with Gasteiger partial charge >= 0.3 is 0 Å². The first-order valence-corrected chi connectivity index (χ1v) is 10.5. The second kappa shape index (κ2) is 9.09. The molecule has 0 amide bonds. The number of rotatable bonds is 8. The Kier molecular flexibility index (Phi) is 6.57. The van der Waals surface area contributed by atoms with Crippen molar-refractivity contribution in [2.45, 2.75) is 43.5 Å². The molecule has 0 spiro atoms. The molecule has 7 heteroatoms. The van der Waals surface area contributed by atoms with Crippen molar-refractivity contribution in [1.29, 1.82) is 0 Å². The van der Waals surface area contributed by atoms with E-state index in [4.69, 9.17) is 4.98 Å². The lowest BCUT2D eigenvalue weighted by molar-refractivity contribution is 0.524. The Balaban J connectivity index is 1.86. The zero-order valence-electron chi connectivity index (χ0n) is 15.7. The summed E-state index contributed by atoms with van der Waals surface area (Å²) in [5.74, 6) is 1.51. The number of hydrazine groups is 1. The van der Waals surface area contributed by atoms with Gasteiger partial charge in [0.05, 0.1) is 11.9 Å². The lowest BCUT2D eigenvalue weighted by atomic mass is 10.2. The maximum Gasteiger partial charge on any atom is 0.229 e. The van der Waals surface area contributed by atoms with Crippen LogP contribution in [0.4, 0.5) is 23.1 Å². The molecule has 6 nitrogen and oxygen atoms in total. The van der Waals surface area contributed by atoms with Gasteiger partial charge in [0, 0.05) is 30.2 Å². The molecule has 1 heterocycles. The van der Waals surface area contributed by atoms with Crippen LogP contribution in [0.2, 0.25) is 0 Å². The summed E-state index contributed by atoms with van der Waals surface area (Å²) >= 11 is 1.73. The third-order valence-corrected chi connectivity index (χ3v) is 5.37. The minimum Gasteiger partial charge on any atom is -0.384 e. The van der Waals surface area contributed by atoms with Crippen LogP contribution in [-0.4, -0.2) is 35.9 Å². The zero-order valence-corrected chi connectivity index (χ0v) is 16.6. The van der Waals surface area contributed by atoms with E-state index in [-0.39, 0.29) is 0 Å². The lowest BCUT2D eigenvalue weighted by Gasteiger charge is -2.31. The molecule has 0 saturated heterocycles. The van der Waals surface area contributed by atoms with Crippen LogP contribution in [0.25, 0.3) is 0 Å². The molecule has 0 atom stereocenters. The van der Waals surface area contributed by atoms with Crippen LogP contribution in [0.1, 0.15) is 32.6 Å². The average molecular weight is 373 g/mol. The third kappa shape index (κ3) is 4.40. The lowest BCUT2D eigenvalue weighted by Crippen LogP contribution is -2.45. The van der Waals surface area contributed by atoms with Gasteiger partial charge < -0.3 is 10.6 Å². The molecule has 140 valence electrons. The number of hydrogen-bond donors (Lipinski definition) is 3. The monoisotopic (exact) mass is 372 g/mol. The highest BCUT2D eigenvalue weighted by Crippen LogP contribution is 2.31. The van der Waals surface area contributed by atoms with Crippen LogP contribution in [0.5, 0.6) is 0 Å². The SMILES string of the molecule is CCNN(c1nc(Nc2ccc(SC)cc2)ncc1NC)C1CCCC1. The van der Waals surface area contributed by atoms with Gasteiger partial charge in [-0.15, -0.1) is 11.8 Å². The first-order valence-electron chi connectivity index (χ1n) is 9.23. The van der Waals surface area contributed by atoms with Crippen molar-refractivity contribution in [3.8, 4) is 0 Å². The smallest absolute Gasteiger partial charge is 0.229 e. The summed E-state index contributed by atoms with van der Waals surface area (Å²) in [6.45, 7) is 2.98. The summed E-state index contributed by atoms with van der Waals surface area (Å²) in [7, 11) is 1.91. The van der Waals surface area contributed by atoms with Crippen molar-refractivity contribution in [2.75, 3.05) is 35.5 Å². The molecular weight excluding hydrogens is 344 g/mol. The van der Waals surface area contributed by atoms with Gasteiger partial charge in [0.15, 0.2) is 5.82 Å². The summed E-state index contributed by atoms with van der Waals surface area (Å²) in [5, 5.41) is 8.77. The summed E-state index contributed by atoms with van der Waals surface area (Å²) in [6.07, 6.45) is 8.86. The van der Waals surface area contributed by atoms with Crippen LogP contribution in [0.3, 0.4) is 0 Å². The molecule has 1 fully saturated rings. The van der Waals surface area contributed by atoms with E-state index in [1.807, 2.05) is 13.2 Å². The van der Waals surface area contributed by atoms with Crippen molar-refractivity contribution in [3.63, 3.8) is 0 Å². The molecule has 1 aliphatic rings. The first-order chi connectivity index (χ1) is 12.7. The van der Waals surface area contributed by atoms with E-state index in [0.717, 1.165) is 23.7 Å². The molecule has 0 unspecified atom stereocenters. The average Bonchev–Trinajstić information content (AvgIpc) is 3.21. The molecule has 3 N–H and O–H groups in total. The van der Waals surface area contributed by atoms with E-state index in [2.05, 4.69) is 63.5 Å². The predicted octanol–water partition coefficient (Wildman–Crippen LogP) is 4.26. The van der Waals surface area contributed by atoms with Crippen LogP contribution in [0, 0.1) is 0 Å². The van der Waals surface area contributed by atoms with Crippen molar-refractivity contribution in [3.05, 3.63) is 30.5 Å². The predicted molar refractivity (Wildman–Crippen MR) is 111 cm³/mol. The summed E-state index contributed by atoms with van der Waals surface area (Å²) in [6, 6.07) is 8.78. The number of nitrogens with one attached hydrogen (secondary N) is 3. The van der Waals surface area contributed by atoms with E-state index >= 15 is 0 Å². The Bertz CT molecular complexity index is 700. The molecule has 1 saturated carbocycles. The molecular formula is C19H28N6S. The summed E-state index contributed by atoms with van der Waals surface area (Å²) in [4.78, 5) is 10.5. The van der Waals surface area contributed by atoms with Gasteiger partial charge in [-0.2, -0.15) is 4.98 Å². The van der Waals surface area contributed by atoms with E-state index in [0.29, 0.717) is 12.0 Å². The molecule has 0 bridgehead atoms. The highest BCUT2D eigenvalue weighted by molar-refractivity contribution is 7.98. The number of aromatic nitrogens is 2. The van der Waals surface area contributed by atoms with E-state index in [9.17, 15) is 0 Å². The normalized spacial score (nSPS) is 14.4. The third-order valence-electron chi connectivity index (χ3n) is 4.63. The Morgan fingerprint density at radius 3 is 2.54 bits per heavy atom. The molecule has 26 heavy (non-hydrogen) atoms. The van der Waals surface area contributed by atoms with E-state index in [1.165, 1.54) is 30.6 Å². The summed E-state index contributed by atoms with van der Waals surface area (Å²) < 4.78 is 0. The van der Waals surface area contributed by atoms with Gasteiger partial charge in [0.2, 0.25) is 5.95 Å². The molecule has 1 aromatic carbocycles. The highest BCUT2D eigenvalue weighted by atomic mass is 32.2. The molecule has 1 aliphatic carbocycles. The number of nitrogens with zero attached hydrogens (tertiary/aromatic N) is 3. The van der Waals surface area contributed by atoms with Gasteiger partial charge in [-0.1, -0.05) is 19.8 Å². The van der Waals surface area contributed by atoms with Crippen LogP contribution < -0.4 is 21.1 Å². The fourth-order valence-corrected chi connectivity index (χ4v) is 3.71. The largest absolute Gasteiger partial charge is 0.384 e. The molecule has 0 radical (unpaired) electrons. The highest BCUT2D eigenvalue weighted by Gasteiger charge is 2.26. The maximum atomic E-state index is 4.82. The number of anilines is 4. The van der Waals surface area contributed by atoms with Gasteiger partial charge in [-0.25, -0.2) is 10.4 Å². The minimum atomic E-state index is 0.477. The number of thioether (sulfide) groups is 1. The van der Waals surface area contributed by atoms with Crippen molar-refractivity contribution in [2.24, 2.45) is 0 Å². The van der Waals surface area contributed by atoms with E-state index < -0.39 is 0 Å². The van der Waals surface area contributed by atoms with Crippen LogP contribution >= 0.6 is 11.8 Å². The number of hydrogen-bond acceptors (Lipinski definition) is 7. The first kappa shape index (κ1) is 18.8. The van der Waals surface area contributed by atoms with Crippen molar-refractivity contribution >= 4 is 34.9 Å². The fourth-order valence-electron chi connectivity index (χ4n) is 3.31. The Morgan fingerprint density at radius 2 is 1.92 bits per heavy atom. The molecule has 0 aliphatic heterocycles. The van der Waals surface area contributed by atoms with Gasteiger partial charge in [-0.05, 0) is 43.4 Å². The van der Waals surface area contributed by atoms with Gasteiger partial charge in [-0.3, -0.25) is 5.01 Å². The van der Waals surface area contributed by atoms with Gasteiger partial charge in [0.25, 0.3) is 0 Å². The zero-order chi connectivity index (χ0) is 18.4. The molecule has 2 aromatic rings. The second-order valence-electron chi connectivity index (χ2n) is 6.35. The van der Waals surface area contributed by atoms with Crippen LogP contribution in [0.15, 0.2) is 35.4 Å². The maximum absolute atomic E-state index is 4.82. The van der Waals surface area contributed by atoms with Crippen molar-refractivity contribution in [1.82, 2.24) is 15.4 Å². The molecule has 3 rings (SSSR count). The fraction of sp³-hybridized carbons (Fsp3) is 0.474. The Hall–Kier alpha value is -1.99. The molecule has 1 aromatic heterocycles. The Morgan fingerprint density at radius 1 is 1.19 bits per heavy atom.